The number of hydrogen-bond acceptors (Lipinski definition) is 6. The van der Waals surface area contributed by atoms with Crippen molar-refractivity contribution in [3.05, 3.63) is 66.6 Å². The van der Waals surface area contributed by atoms with Gasteiger partial charge >= 0.3 is 0 Å². The van der Waals surface area contributed by atoms with Gasteiger partial charge in [-0.25, -0.2) is 9.97 Å². The second-order valence-electron chi connectivity index (χ2n) is 6.68. The molecule has 4 aromatic rings. The smallest absolute Gasteiger partial charge is 0.221 e. The van der Waals surface area contributed by atoms with E-state index in [1.807, 2.05) is 40.9 Å². The molecule has 0 saturated heterocycles. The van der Waals surface area contributed by atoms with E-state index in [4.69, 9.17) is 4.74 Å². The number of rotatable bonds is 6. The van der Waals surface area contributed by atoms with Crippen LogP contribution in [0.25, 0.3) is 16.9 Å². The summed E-state index contributed by atoms with van der Waals surface area (Å²) >= 11 is 0. The summed E-state index contributed by atoms with van der Waals surface area (Å²) in [5, 5.41) is 15.6. The number of anilines is 3. The minimum absolute atomic E-state index is 0.194. The molecule has 0 bridgehead atoms. The molecule has 2 aromatic carbocycles. The normalized spacial score (nSPS) is 10.8. The Kier molecular flexibility index (Phi) is 5.32. The number of methoxy groups -OCH3 is 1. The molecule has 0 saturated carbocycles. The van der Waals surface area contributed by atoms with Crippen LogP contribution < -0.4 is 15.4 Å². The van der Waals surface area contributed by atoms with Crippen LogP contribution in [0.2, 0.25) is 0 Å². The average molecular weight is 403 g/mol. The molecule has 0 unspecified atom stereocenters. The summed E-state index contributed by atoms with van der Waals surface area (Å²) in [6.45, 7) is 1.23. The number of ether oxygens (including phenoxy) is 1. The SMILES string of the molecule is COc1ccc(-c2cnc3c(Nc4ccc(NC(C)=O)c(CO)c4)nccn23)cc1. The molecule has 4 rings (SSSR count). The first kappa shape index (κ1) is 19.4. The van der Waals surface area contributed by atoms with E-state index >= 15 is 0 Å². The molecule has 0 fully saturated rings. The molecule has 0 aliphatic rings. The lowest BCUT2D eigenvalue weighted by Crippen LogP contribution is -2.08. The van der Waals surface area contributed by atoms with Crippen molar-refractivity contribution in [1.29, 1.82) is 0 Å². The molecule has 8 heteroatoms. The highest BCUT2D eigenvalue weighted by molar-refractivity contribution is 5.90. The number of aliphatic hydroxyl groups is 1. The Morgan fingerprint density at radius 2 is 1.97 bits per heavy atom. The third-order valence-electron chi connectivity index (χ3n) is 4.66. The van der Waals surface area contributed by atoms with E-state index in [2.05, 4.69) is 20.6 Å². The van der Waals surface area contributed by atoms with Crippen molar-refractivity contribution in [2.24, 2.45) is 0 Å². The zero-order chi connectivity index (χ0) is 21.1. The minimum Gasteiger partial charge on any atom is -0.497 e. The van der Waals surface area contributed by atoms with Gasteiger partial charge < -0.3 is 20.5 Å². The number of carbonyl (C=O) groups excluding carboxylic acids is 1. The second-order valence-corrected chi connectivity index (χ2v) is 6.68. The zero-order valence-corrected chi connectivity index (χ0v) is 16.6. The number of nitrogens with zero attached hydrogens (tertiary/aromatic N) is 3. The van der Waals surface area contributed by atoms with E-state index in [1.54, 1.807) is 31.6 Å². The van der Waals surface area contributed by atoms with Gasteiger partial charge in [0.25, 0.3) is 0 Å². The number of amides is 1. The highest BCUT2D eigenvalue weighted by Crippen LogP contribution is 2.28. The fourth-order valence-corrected chi connectivity index (χ4v) is 3.23. The fourth-order valence-electron chi connectivity index (χ4n) is 3.23. The highest BCUT2D eigenvalue weighted by atomic mass is 16.5. The monoisotopic (exact) mass is 403 g/mol. The van der Waals surface area contributed by atoms with E-state index in [0.717, 1.165) is 22.7 Å². The number of nitrogens with one attached hydrogen (secondary N) is 2. The van der Waals surface area contributed by atoms with Crippen LogP contribution in [0.15, 0.2) is 61.1 Å². The summed E-state index contributed by atoms with van der Waals surface area (Å²) in [6, 6.07) is 13.1. The molecular weight excluding hydrogens is 382 g/mol. The summed E-state index contributed by atoms with van der Waals surface area (Å²) in [4.78, 5) is 20.3. The lowest BCUT2D eigenvalue weighted by molar-refractivity contribution is -0.114. The van der Waals surface area contributed by atoms with E-state index < -0.39 is 0 Å². The summed E-state index contributed by atoms with van der Waals surface area (Å²) in [5.74, 6) is 1.17. The van der Waals surface area contributed by atoms with Crippen molar-refractivity contribution < 1.29 is 14.6 Å². The van der Waals surface area contributed by atoms with Crippen LogP contribution >= 0.6 is 0 Å². The Balaban J connectivity index is 1.67. The van der Waals surface area contributed by atoms with Crippen LogP contribution in [0.1, 0.15) is 12.5 Å². The molecule has 2 aromatic heterocycles. The highest BCUT2D eigenvalue weighted by Gasteiger charge is 2.12. The van der Waals surface area contributed by atoms with E-state index in [9.17, 15) is 9.90 Å². The standard InChI is InChI=1S/C22H21N5O3/c1-14(29)25-19-8-5-17(11-16(19)13-28)26-21-22-24-12-20(27(22)10-9-23-21)15-3-6-18(30-2)7-4-15/h3-12,28H,13H2,1-2H3,(H,23,26)(H,25,29). The number of aliphatic hydroxyl groups excluding tert-OH is 1. The summed E-state index contributed by atoms with van der Waals surface area (Å²) in [6.07, 6.45) is 5.35. The number of fused-ring (bicyclic) bond motifs is 1. The van der Waals surface area contributed by atoms with E-state index in [1.165, 1.54) is 6.92 Å². The molecule has 1 amide bonds. The third kappa shape index (κ3) is 3.81. The van der Waals surface area contributed by atoms with Crippen LogP contribution in [-0.4, -0.2) is 32.5 Å². The first-order valence-corrected chi connectivity index (χ1v) is 9.34. The molecule has 30 heavy (non-hydrogen) atoms. The fraction of sp³-hybridized carbons (Fsp3) is 0.136. The molecule has 3 N–H and O–H groups in total. The predicted octanol–water partition coefficient (Wildman–Crippen LogP) is 3.60. The molecule has 0 spiro atoms. The van der Waals surface area contributed by atoms with Gasteiger partial charge in [-0.15, -0.1) is 0 Å². The van der Waals surface area contributed by atoms with Gasteiger partial charge in [-0.05, 0) is 42.5 Å². The maximum atomic E-state index is 11.3. The van der Waals surface area contributed by atoms with Crippen LogP contribution in [0.4, 0.5) is 17.2 Å². The zero-order valence-electron chi connectivity index (χ0n) is 16.6. The lowest BCUT2D eigenvalue weighted by atomic mass is 10.1. The first-order chi connectivity index (χ1) is 14.6. The van der Waals surface area contributed by atoms with Crippen LogP contribution in [0, 0.1) is 0 Å². The molecule has 0 aliphatic heterocycles. The molecule has 2 heterocycles. The number of benzene rings is 2. The maximum Gasteiger partial charge on any atom is 0.221 e. The van der Waals surface area contributed by atoms with Gasteiger partial charge in [-0.1, -0.05) is 0 Å². The van der Waals surface area contributed by atoms with Crippen molar-refractivity contribution in [3.63, 3.8) is 0 Å². The van der Waals surface area contributed by atoms with Gasteiger partial charge in [0.2, 0.25) is 5.91 Å². The Morgan fingerprint density at radius 1 is 1.17 bits per heavy atom. The van der Waals surface area contributed by atoms with Crippen molar-refractivity contribution in [1.82, 2.24) is 14.4 Å². The van der Waals surface area contributed by atoms with Crippen molar-refractivity contribution in [2.75, 3.05) is 17.7 Å². The van der Waals surface area contributed by atoms with Gasteiger partial charge in [0.15, 0.2) is 11.5 Å². The van der Waals surface area contributed by atoms with Crippen LogP contribution in [-0.2, 0) is 11.4 Å². The molecular formula is C22H21N5O3. The van der Waals surface area contributed by atoms with Crippen LogP contribution in [0.3, 0.4) is 0 Å². The lowest BCUT2D eigenvalue weighted by Gasteiger charge is -2.12. The first-order valence-electron chi connectivity index (χ1n) is 9.34. The Bertz CT molecular complexity index is 1200. The number of carbonyl (C=O) groups is 1. The molecule has 0 atom stereocenters. The molecule has 0 radical (unpaired) electrons. The second kappa shape index (κ2) is 8.22. The Labute approximate surface area is 173 Å². The summed E-state index contributed by atoms with van der Waals surface area (Å²) in [7, 11) is 1.64. The van der Waals surface area contributed by atoms with Crippen molar-refractivity contribution in [2.45, 2.75) is 13.5 Å². The summed E-state index contributed by atoms with van der Waals surface area (Å²) in [5.41, 5.74) is 4.49. The van der Waals surface area contributed by atoms with E-state index in [-0.39, 0.29) is 12.5 Å². The van der Waals surface area contributed by atoms with Gasteiger partial charge in [-0.2, -0.15) is 0 Å². The van der Waals surface area contributed by atoms with E-state index in [0.29, 0.717) is 22.7 Å². The molecule has 8 nitrogen and oxygen atoms in total. The quantitative estimate of drug-likeness (QED) is 0.455. The maximum absolute atomic E-state index is 11.3. The van der Waals surface area contributed by atoms with Crippen LogP contribution in [0.5, 0.6) is 5.75 Å². The van der Waals surface area contributed by atoms with Crippen molar-refractivity contribution >= 4 is 28.7 Å². The number of imidazole rings is 1. The molecule has 152 valence electrons. The molecule has 0 aliphatic carbocycles. The van der Waals surface area contributed by atoms with Crippen molar-refractivity contribution in [3.8, 4) is 17.0 Å². The van der Waals surface area contributed by atoms with Gasteiger partial charge in [-0.3, -0.25) is 9.20 Å². The van der Waals surface area contributed by atoms with Gasteiger partial charge in [0.05, 0.1) is 25.6 Å². The average Bonchev–Trinajstić information content (AvgIpc) is 3.19. The van der Waals surface area contributed by atoms with Gasteiger partial charge in [0, 0.05) is 41.8 Å². The summed E-state index contributed by atoms with van der Waals surface area (Å²) < 4.78 is 7.18. The third-order valence-corrected chi connectivity index (χ3v) is 4.66. The minimum atomic E-state index is -0.201. The Morgan fingerprint density at radius 3 is 2.67 bits per heavy atom. The largest absolute Gasteiger partial charge is 0.497 e. The predicted molar refractivity (Wildman–Crippen MR) is 115 cm³/mol. The topological polar surface area (TPSA) is 101 Å². The van der Waals surface area contributed by atoms with Gasteiger partial charge in [0.1, 0.15) is 5.75 Å². The number of aromatic nitrogens is 3. The number of hydrogen-bond donors (Lipinski definition) is 3. The Hall–Kier alpha value is -3.91.